The van der Waals surface area contributed by atoms with Crippen molar-refractivity contribution in [3.63, 3.8) is 0 Å². The van der Waals surface area contributed by atoms with Gasteiger partial charge in [-0.25, -0.2) is 13.4 Å². The number of pyridine rings is 1. The number of aromatic nitrogens is 1. The molecule has 2 rings (SSSR count). The van der Waals surface area contributed by atoms with Crippen LogP contribution in [0.1, 0.15) is 25.7 Å². The van der Waals surface area contributed by atoms with E-state index < -0.39 is 9.84 Å². The van der Waals surface area contributed by atoms with Gasteiger partial charge in [-0.15, -0.1) is 0 Å². The highest BCUT2D eigenvalue weighted by molar-refractivity contribution is 9.10. The first-order valence-corrected chi connectivity index (χ1v) is 8.67. The Hall–Kier alpha value is -0.620. The second-order valence-corrected chi connectivity index (χ2v) is 7.73. The molecular formula is C12H16BrNO3S. The van der Waals surface area contributed by atoms with E-state index in [-0.39, 0.29) is 11.4 Å². The lowest BCUT2D eigenvalue weighted by Gasteiger charge is -2.28. The molecule has 0 saturated heterocycles. The minimum atomic E-state index is -2.97. The molecule has 0 amide bonds. The summed E-state index contributed by atoms with van der Waals surface area (Å²) >= 11 is 3.32. The molecule has 1 aromatic rings. The normalized spacial score (nSPS) is 24.8. The largest absolute Gasteiger partial charge is 0.488 e. The molecule has 0 radical (unpaired) electrons. The lowest BCUT2D eigenvalue weighted by Crippen LogP contribution is -2.33. The third kappa shape index (κ3) is 3.45. The summed E-state index contributed by atoms with van der Waals surface area (Å²) < 4.78 is 29.6. The van der Waals surface area contributed by atoms with E-state index in [1.165, 1.54) is 6.26 Å². The monoisotopic (exact) mass is 333 g/mol. The van der Waals surface area contributed by atoms with Gasteiger partial charge in [0.05, 0.1) is 5.25 Å². The van der Waals surface area contributed by atoms with E-state index in [9.17, 15) is 8.42 Å². The predicted octanol–water partition coefficient (Wildman–Crippen LogP) is 2.58. The summed E-state index contributed by atoms with van der Waals surface area (Å²) in [4.78, 5) is 4.09. The van der Waals surface area contributed by atoms with Crippen LogP contribution < -0.4 is 4.74 Å². The molecule has 1 aromatic heterocycles. The smallest absolute Gasteiger partial charge is 0.152 e. The molecule has 1 heterocycles. The van der Waals surface area contributed by atoms with Gasteiger partial charge < -0.3 is 4.74 Å². The SMILES string of the molecule is CS(=O)(=O)C1CCCC(Oc2cccnc2Br)C1. The van der Waals surface area contributed by atoms with E-state index in [4.69, 9.17) is 4.74 Å². The minimum absolute atomic E-state index is 0.0426. The maximum atomic E-state index is 11.6. The Morgan fingerprint density at radius 3 is 2.89 bits per heavy atom. The minimum Gasteiger partial charge on any atom is -0.488 e. The topological polar surface area (TPSA) is 56.3 Å². The standard InChI is InChI=1S/C12H16BrNO3S/c1-18(15,16)10-5-2-4-9(8-10)17-11-6-3-7-14-12(11)13/h3,6-7,9-10H,2,4-5,8H2,1H3. The summed E-state index contributed by atoms with van der Waals surface area (Å²) in [6.07, 6.45) is 6.04. The molecule has 1 aliphatic rings. The van der Waals surface area contributed by atoms with Gasteiger partial charge in [-0.05, 0) is 47.3 Å². The Morgan fingerprint density at radius 2 is 2.22 bits per heavy atom. The van der Waals surface area contributed by atoms with Gasteiger partial charge in [-0.2, -0.15) is 0 Å². The van der Waals surface area contributed by atoms with Gasteiger partial charge in [0.2, 0.25) is 0 Å². The molecule has 0 bridgehead atoms. The summed E-state index contributed by atoms with van der Waals surface area (Å²) in [6, 6.07) is 3.64. The molecule has 0 aliphatic heterocycles. The van der Waals surface area contributed by atoms with Gasteiger partial charge in [-0.1, -0.05) is 0 Å². The zero-order valence-corrected chi connectivity index (χ0v) is 12.6. The van der Waals surface area contributed by atoms with E-state index in [0.29, 0.717) is 16.8 Å². The fourth-order valence-electron chi connectivity index (χ4n) is 2.24. The molecule has 4 nitrogen and oxygen atoms in total. The number of hydrogen-bond donors (Lipinski definition) is 0. The van der Waals surface area contributed by atoms with Gasteiger partial charge in [0, 0.05) is 18.9 Å². The van der Waals surface area contributed by atoms with E-state index in [1.54, 1.807) is 12.3 Å². The van der Waals surface area contributed by atoms with Gasteiger partial charge >= 0.3 is 0 Å². The molecule has 0 N–H and O–H groups in total. The molecule has 18 heavy (non-hydrogen) atoms. The summed E-state index contributed by atoms with van der Waals surface area (Å²) in [5.74, 6) is 0.677. The molecule has 2 atom stereocenters. The van der Waals surface area contributed by atoms with Crippen molar-refractivity contribution in [1.82, 2.24) is 4.98 Å². The van der Waals surface area contributed by atoms with Gasteiger partial charge in [0.1, 0.15) is 20.5 Å². The van der Waals surface area contributed by atoms with Crippen molar-refractivity contribution in [2.45, 2.75) is 37.0 Å². The highest BCUT2D eigenvalue weighted by atomic mass is 79.9. The fourth-order valence-corrected chi connectivity index (χ4v) is 3.74. The van der Waals surface area contributed by atoms with Crippen molar-refractivity contribution in [1.29, 1.82) is 0 Å². The molecule has 1 saturated carbocycles. The zero-order valence-electron chi connectivity index (χ0n) is 10.2. The lowest BCUT2D eigenvalue weighted by molar-refractivity contribution is 0.154. The zero-order chi connectivity index (χ0) is 13.2. The lowest BCUT2D eigenvalue weighted by atomic mass is 9.97. The average Bonchev–Trinajstić information content (AvgIpc) is 2.31. The number of rotatable bonds is 3. The van der Waals surface area contributed by atoms with Crippen molar-refractivity contribution in [2.24, 2.45) is 0 Å². The molecule has 1 aliphatic carbocycles. The van der Waals surface area contributed by atoms with E-state index in [2.05, 4.69) is 20.9 Å². The summed E-state index contributed by atoms with van der Waals surface area (Å²) in [5.41, 5.74) is 0. The molecule has 0 aromatic carbocycles. The third-order valence-electron chi connectivity index (χ3n) is 3.20. The average molecular weight is 334 g/mol. The van der Waals surface area contributed by atoms with Gasteiger partial charge in [-0.3, -0.25) is 0 Å². The first-order valence-electron chi connectivity index (χ1n) is 5.93. The van der Waals surface area contributed by atoms with Crippen LogP contribution in [0.15, 0.2) is 22.9 Å². The van der Waals surface area contributed by atoms with Crippen LogP contribution in [-0.4, -0.2) is 31.0 Å². The highest BCUT2D eigenvalue weighted by Crippen LogP contribution is 2.29. The van der Waals surface area contributed by atoms with Crippen LogP contribution in [0.2, 0.25) is 0 Å². The number of halogens is 1. The Bertz CT molecular complexity index is 518. The van der Waals surface area contributed by atoms with Crippen molar-refractivity contribution in [3.8, 4) is 5.75 Å². The molecule has 1 fully saturated rings. The second kappa shape index (κ2) is 5.57. The molecule has 100 valence electrons. The Kier molecular flexibility index (Phi) is 4.27. The fraction of sp³-hybridized carbons (Fsp3) is 0.583. The van der Waals surface area contributed by atoms with Crippen LogP contribution in [0.25, 0.3) is 0 Å². The second-order valence-electron chi connectivity index (χ2n) is 4.65. The van der Waals surface area contributed by atoms with Crippen LogP contribution in [-0.2, 0) is 9.84 Å². The maximum Gasteiger partial charge on any atom is 0.152 e. The first-order chi connectivity index (χ1) is 8.47. The highest BCUT2D eigenvalue weighted by Gasteiger charge is 2.30. The molecule has 2 unspecified atom stereocenters. The maximum absolute atomic E-state index is 11.6. The van der Waals surface area contributed by atoms with Crippen molar-refractivity contribution in [3.05, 3.63) is 22.9 Å². The summed E-state index contributed by atoms with van der Waals surface area (Å²) in [6.45, 7) is 0. The first kappa shape index (κ1) is 13.8. The number of ether oxygens (including phenoxy) is 1. The predicted molar refractivity (Wildman–Crippen MR) is 73.5 cm³/mol. The van der Waals surface area contributed by atoms with Crippen LogP contribution in [0.3, 0.4) is 0 Å². The Balaban J connectivity index is 2.05. The van der Waals surface area contributed by atoms with E-state index >= 15 is 0 Å². The van der Waals surface area contributed by atoms with E-state index in [1.807, 2.05) is 6.07 Å². The van der Waals surface area contributed by atoms with Crippen molar-refractivity contribution >= 4 is 25.8 Å². The quantitative estimate of drug-likeness (QED) is 0.798. The van der Waals surface area contributed by atoms with Crippen LogP contribution in [0.5, 0.6) is 5.75 Å². The van der Waals surface area contributed by atoms with E-state index in [0.717, 1.165) is 19.3 Å². The summed E-state index contributed by atoms with van der Waals surface area (Å²) in [7, 11) is -2.97. The van der Waals surface area contributed by atoms with Crippen molar-refractivity contribution < 1.29 is 13.2 Å². The van der Waals surface area contributed by atoms with Crippen molar-refractivity contribution in [2.75, 3.05) is 6.26 Å². The third-order valence-corrected chi connectivity index (χ3v) is 5.44. The number of sulfone groups is 1. The summed E-state index contributed by atoms with van der Waals surface area (Å²) in [5, 5.41) is -0.272. The van der Waals surface area contributed by atoms with Crippen LogP contribution in [0, 0.1) is 0 Å². The van der Waals surface area contributed by atoms with Crippen LogP contribution in [0.4, 0.5) is 0 Å². The molecular weight excluding hydrogens is 318 g/mol. The molecule has 6 heteroatoms. The Labute approximate surface area is 116 Å². The van der Waals surface area contributed by atoms with Crippen LogP contribution >= 0.6 is 15.9 Å². The number of hydrogen-bond acceptors (Lipinski definition) is 4. The molecule has 0 spiro atoms. The number of nitrogens with zero attached hydrogens (tertiary/aromatic N) is 1. The van der Waals surface area contributed by atoms with Gasteiger partial charge in [0.15, 0.2) is 5.75 Å². The Morgan fingerprint density at radius 1 is 1.44 bits per heavy atom. The van der Waals surface area contributed by atoms with Gasteiger partial charge in [0.25, 0.3) is 0 Å².